The van der Waals surface area contributed by atoms with E-state index in [1.165, 1.54) is 11.3 Å². The smallest absolute Gasteiger partial charge is 0.252 e. The van der Waals surface area contributed by atoms with Crippen molar-refractivity contribution in [1.82, 2.24) is 14.3 Å². The Labute approximate surface area is 146 Å². The van der Waals surface area contributed by atoms with Crippen LogP contribution in [0.2, 0.25) is 0 Å². The first kappa shape index (κ1) is 17.1. The molecule has 0 spiro atoms. The fourth-order valence-electron chi connectivity index (χ4n) is 2.68. The molecule has 0 amide bonds. The first-order valence-electron chi connectivity index (χ1n) is 7.89. The van der Waals surface area contributed by atoms with E-state index in [0.29, 0.717) is 36.2 Å². The Kier molecular flexibility index (Phi) is 5.02. The Bertz CT molecular complexity index is 784. The van der Waals surface area contributed by atoms with Gasteiger partial charge >= 0.3 is 0 Å². The van der Waals surface area contributed by atoms with E-state index < -0.39 is 10.0 Å². The second kappa shape index (κ2) is 7.04. The predicted molar refractivity (Wildman–Crippen MR) is 96.2 cm³/mol. The van der Waals surface area contributed by atoms with Gasteiger partial charge in [0, 0.05) is 38.8 Å². The van der Waals surface area contributed by atoms with E-state index in [1.54, 1.807) is 21.8 Å². The number of nitrogens with one attached hydrogen (secondary N) is 1. The Morgan fingerprint density at radius 3 is 2.62 bits per heavy atom. The second-order valence-corrected chi connectivity index (χ2v) is 8.62. The lowest BCUT2D eigenvalue weighted by atomic mass is 10.3. The number of hydrogen-bond donors (Lipinski definition) is 1. The summed E-state index contributed by atoms with van der Waals surface area (Å²) in [5, 5.41) is 4.98. The van der Waals surface area contributed by atoms with Gasteiger partial charge in [-0.2, -0.15) is 4.31 Å². The molecule has 2 aromatic heterocycles. The minimum atomic E-state index is -3.37. The first-order valence-corrected chi connectivity index (χ1v) is 10.2. The van der Waals surface area contributed by atoms with Crippen LogP contribution in [0, 0.1) is 6.92 Å². The maximum atomic E-state index is 12.6. The van der Waals surface area contributed by atoms with E-state index >= 15 is 0 Å². The monoisotopic (exact) mass is 367 g/mol. The summed E-state index contributed by atoms with van der Waals surface area (Å²) in [6.45, 7) is 6.83. The molecule has 2 aromatic rings. The highest BCUT2D eigenvalue weighted by Gasteiger charge is 2.29. The molecule has 0 radical (unpaired) electrons. The minimum absolute atomic E-state index is 0.406. The number of anilines is 2. The van der Waals surface area contributed by atoms with Crippen molar-refractivity contribution in [2.45, 2.75) is 18.1 Å². The molecule has 9 heteroatoms. The fourth-order valence-corrected chi connectivity index (χ4v) is 5.25. The Balaban J connectivity index is 1.71. The maximum Gasteiger partial charge on any atom is 0.252 e. The fraction of sp³-hybridized carbons (Fsp3) is 0.467. The average Bonchev–Trinajstić information content (AvgIpc) is 3.10. The molecular weight excluding hydrogens is 346 g/mol. The number of rotatable bonds is 5. The van der Waals surface area contributed by atoms with Crippen molar-refractivity contribution in [3.8, 4) is 0 Å². The average molecular weight is 368 g/mol. The van der Waals surface area contributed by atoms with E-state index in [-0.39, 0.29) is 0 Å². The summed E-state index contributed by atoms with van der Waals surface area (Å²) >= 11 is 1.26. The summed E-state index contributed by atoms with van der Waals surface area (Å²) in [4.78, 5) is 10.9. The Morgan fingerprint density at radius 2 is 2.00 bits per heavy atom. The molecule has 1 saturated heterocycles. The molecule has 1 fully saturated rings. The van der Waals surface area contributed by atoms with Gasteiger partial charge in [0.25, 0.3) is 10.0 Å². The topological polar surface area (TPSA) is 78.4 Å². The number of nitrogens with zero attached hydrogens (tertiary/aromatic N) is 4. The summed E-state index contributed by atoms with van der Waals surface area (Å²) < 4.78 is 27.1. The molecule has 0 atom stereocenters. The van der Waals surface area contributed by atoms with E-state index in [4.69, 9.17) is 0 Å². The largest absolute Gasteiger partial charge is 0.370 e. The number of aromatic nitrogens is 2. The number of hydrogen-bond acceptors (Lipinski definition) is 7. The lowest BCUT2D eigenvalue weighted by Gasteiger charge is -2.34. The molecular formula is C15H21N5O2S2. The van der Waals surface area contributed by atoms with Gasteiger partial charge in [-0.15, -0.1) is 11.3 Å². The standard InChI is InChI=1S/C15H21N5O2S2/c1-3-16-13-11-14(18-12(2)17-13)19-6-8-20(9-7-19)24(21,22)15-5-4-10-23-15/h4-5,10-11H,3,6-9H2,1-2H3,(H,16,17,18). The van der Waals surface area contributed by atoms with Crippen molar-refractivity contribution in [3.05, 3.63) is 29.4 Å². The lowest BCUT2D eigenvalue weighted by molar-refractivity contribution is 0.384. The van der Waals surface area contributed by atoms with Gasteiger partial charge in [-0.05, 0) is 25.3 Å². The van der Waals surface area contributed by atoms with Gasteiger partial charge in [0.05, 0.1) is 0 Å². The zero-order chi connectivity index (χ0) is 17.2. The molecule has 0 saturated carbocycles. The summed E-state index contributed by atoms with van der Waals surface area (Å²) in [7, 11) is -3.37. The van der Waals surface area contributed by atoms with E-state index in [0.717, 1.165) is 18.2 Å². The van der Waals surface area contributed by atoms with Gasteiger partial charge in [-0.25, -0.2) is 18.4 Å². The van der Waals surface area contributed by atoms with Crippen LogP contribution in [-0.4, -0.2) is 55.4 Å². The highest BCUT2D eigenvalue weighted by atomic mass is 32.2. The van der Waals surface area contributed by atoms with Crippen LogP contribution in [0.3, 0.4) is 0 Å². The van der Waals surface area contributed by atoms with E-state index in [9.17, 15) is 8.42 Å². The van der Waals surface area contributed by atoms with Gasteiger partial charge < -0.3 is 10.2 Å². The zero-order valence-corrected chi connectivity index (χ0v) is 15.4. The molecule has 3 heterocycles. The third kappa shape index (κ3) is 3.52. The number of sulfonamides is 1. The number of piperazine rings is 1. The van der Waals surface area contributed by atoms with E-state index in [1.807, 2.05) is 19.9 Å². The number of thiophene rings is 1. The van der Waals surface area contributed by atoms with Crippen molar-refractivity contribution in [2.24, 2.45) is 0 Å². The van der Waals surface area contributed by atoms with Crippen molar-refractivity contribution in [2.75, 3.05) is 42.9 Å². The Morgan fingerprint density at radius 1 is 1.25 bits per heavy atom. The first-order chi connectivity index (χ1) is 11.5. The van der Waals surface area contributed by atoms with Crippen LogP contribution in [0.1, 0.15) is 12.7 Å². The second-order valence-electron chi connectivity index (χ2n) is 5.51. The highest BCUT2D eigenvalue weighted by Crippen LogP contribution is 2.24. The van der Waals surface area contributed by atoms with Crippen molar-refractivity contribution in [1.29, 1.82) is 0 Å². The van der Waals surface area contributed by atoms with Crippen LogP contribution in [-0.2, 0) is 10.0 Å². The highest BCUT2D eigenvalue weighted by molar-refractivity contribution is 7.91. The quantitative estimate of drug-likeness (QED) is 0.868. The molecule has 3 rings (SSSR count). The van der Waals surface area contributed by atoms with Gasteiger partial charge in [-0.3, -0.25) is 0 Å². The predicted octanol–water partition coefficient (Wildman–Crippen LogP) is 1.79. The van der Waals surface area contributed by atoms with Gasteiger partial charge in [-0.1, -0.05) is 6.07 Å². The normalized spacial score (nSPS) is 16.3. The maximum absolute atomic E-state index is 12.6. The summed E-state index contributed by atoms with van der Waals surface area (Å²) in [5.41, 5.74) is 0. The zero-order valence-electron chi connectivity index (χ0n) is 13.8. The third-order valence-corrected chi connectivity index (χ3v) is 7.11. The minimum Gasteiger partial charge on any atom is -0.370 e. The molecule has 1 aliphatic heterocycles. The third-order valence-electron chi connectivity index (χ3n) is 3.83. The lowest BCUT2D eigenvalue weighted by Crippen LogP contribution is -2.48. The molecule has 130 valence electrons. The van der Waals surface area contributed by atoms with Crippen molar-refractivity contribution in [3.63, 3.8) is 0 Å². The molecule has 0 aromatic carbocycles. The van der Waals surface area contributed by atoms with Gasteiger partial charge in [0.1, 0.15) is 21.7 Å². The molecule has 7 nitrogen and oxygen atoms in total. The van der Waals surface area contributed by atoms with Crippen LogP contribution in [0.25, 0.3) is 0 Å². The van der Waals surface area contributed by atoms with Gasteiger partial charge in [0.15, 0.2) is 0 Å². The van der Waals surface area contributed by atoms with Crippen LogP contribution < -0.4 is 10.2 Å². The van der Waals surface area contributed by atoms with E-state index in [2.05, 4.69) is 20.2 Å². The molecule has 0 unspecified atom stereocenters. The SMILES string of the molecule is CCNc1cc(N2CCN(S(=O)(=O)c3cccs3)CC2)nc(C)n1. The Hall–Kier alpha value is -1.71. The molecule has 24 heavy (non-hydrogen) atoms. The molecule has 0 aliphatic carbocycles. The molecule has 0 bridgehead atoms. The van der Waals surface area contributed by atoms with Crippen molar-refractivity contribution >= 4 is 33.0 Å². The van der Waals surface area contributed by atoms with Crippen LogP contribution in [0.15, 0.2) is 27.8 Å². The number of aryl methyl sites for hydroxylation is 1. The van der Waals surface area contributed by atoms with Crippen molar-refractivity contribution < 1.29 is 8.42 Å². The molecule has 1 aliphatic rings. The summed E-state index contributed by atoms with van der Waals surface area (Å²) in [5.74, 6) is 2.34. The molecule has 1 N–H and O–H groups in total. The van der Waals surface area contributed by atoms with Crippen LogP contribution in [0.5, 0.6) is 0 Å². The van der Waals surface area contributed by atoms with Gasteiger partial charge in [0.2, 0.25) is 0 Å². The summed E-state index contributed by atoms with van der Waals surface area (Å²) in [6.07, 6.45) is 0. The van der Waals surface area contributed by atoms with Crippen LogP contribution in [0.4, 0.5) is 11.6 Å². The van der Waals surface area contributed by atoms with Crippen LogP contribution >= 0.6 is 11.3 Å². The summed E-state index contributed by atoms with van der Waals surface area (Å²) in [6, 6.07) is 5.34.